The van der Waals surface area contributed by atoms with Crippen LogP contribution in [0.25, 0.3) is 5.70 Å². The van der Waals surface area contributed by atoms with Crippen molar-refractivity contribution in [3.05, 3.63) is 82.8 Å². The summed E-state index contributed by atoms with van der Waals surface area (Å²) in [5.41, 5.74) is 18.3. The van der Waals surface area contributed by atoms with Gasteiger partial charge in [-0.15, -0.1) is 0 Å². The molecule has 1 aromatic heterocycles. The molecule has 0 bridgehead atoms. The number of nitrogens with one attached hydrogen (secondary N) is 1. The zero-order chi connectivity index (χ0) is 21.8. The molecule has 0 saturated carbocycles. The molecule has 1 aliphatic heterocycles. The van der Waals surface area contributed by atoms with Crippen molar-refractivity contribution in [2.45, 2.75) is 39.0 Å². The van der Waals surface area contributed by atoms with Crippen LogP contribution in [0.5, 0.6) is 0 Å². The molecule has 0 amide bonds. The van der Waals surface area contributed by atoms with Gasteiger partial charge in [-0.3, -0.25) is 4.98 Å². The summed E-state index contributed by atoms with van der Waals surface area (Å²) in [6, 6.07) is 12.7. The number of rotatable bonds is 7. The molecule has 5 nitrogen and oxygen atoms in total. The molecule has 1 atom stereocenters. The molecular formula is C25H36N4O. The van der Waals surface area contributed by atoms with Crippen LogP contribution in [-0.2, 0) is 4.74 Å². The van der Waals surface area contributed by atoms with Gasteiger partial charge in [0.15, 0.2) is 0 Å². The van der Waals surface area contributed by atoms with Gasteiger partial charge in [0.2, 0.25) is 0 Å². The first-order chi connectivity index (χ1) is 14.5. The number of benzene rings is 1. The minimum absolute atomic E-state index is 0.703. The van der Waals surface area contributed by atoms with E-state index in [1.807, 2.05) is 25.1 Å². The lowest BCUT2D eigenvalue weighted by molar-refractivity contribution is 0.195. The van der Waals surface area contributed by atoms with E-state index >= 15 is 0 Å². The van der Waals surface area contributed by atoms with E-state index < -0.39 is 0 Å². The van der Waals surface area contributed by atoms with Crippen LogP contribution in [0.4, 0.5) is 0 Å². The first kappa shape index (κ1) is 23.6. The molecule has 1 fully saturated rings. The van der Waals surface area contributed by atoms with Gasteiger partial charge >= 0.3 is 0 Å². The number of nitrogens with two attached hydrogens (primary N) is 2. The minimum atomic E-state index is 0.703. The third kappa shape index (κ3) is 8.01. The number of aromatic nitrogens is 1. The van der Waals surface area contributed by atoms with Gasteiger partial charge in [0.25, 0.3) is 0 Å². The Bertz CT molecular complexity index is 803. The quantitative estimate of drug-likeness (QED) is 0.474. The zero-order valence-corrected chi connectivity index (χ0v) is 18.5. The SMILES string of the molecule is COCCCC(/C=C(\N)c1ccncc1)=C(\C)N.Cc1ccc(C2CCNC2)cc1. The van der Waals surface area contributed by atoms with Crippen molar-refractivity contribution in [2.24, 2.45) is 11.5 Å². The number of hydrogen-bond acceptors (Lipinski definition) is 5. The van der Waals surface area contributed by atoms with E-state index in [4.69, 9.17) is 16.2 Å². The number of aryl methyl sites for hydroxylation is 1. The highest BCUT2D eigenvalue weighted by molar-refractivity contribution is 5.65. The van der Waals surface area contributed by atoms with Gasteiger partial charge in [-0.25, -0.2) is 0 Å². The molecule has 2 aromatic rings. The van der Waals surface area contributed by atoms with E-state index in [0.29, 0.717) is 5.70 Å². The van der Waals surface area contributed by atoms with Crippen molar-refractivity contribution in [1.29, 1.82) is 0 Å². The maximum atomic E-state index is 6.05. The standard InChI is InChI=1S/C14H21N3O.C11H15N/c1-11(15)13(4-3-9-18-2)10-14(16)12-5-7-17-8-6-12;1-9-2-4-10(5-3-9)11-6-7-12-8-11/h5-8,10H,3-4,9,15-16H2,1-2H3;2-5,11-12H,6-8H2,1H3/b13-11-,14-10-;. The van der Waals surface area contributed by atoms with Gasteiger partial charge in [-0.1, -0.05) is 29.8 Å². The molecule has 1 aromatic carbocycles. The topological polar surface area (TPSA) is 86.2 Å². The van der Waals surface area contributed by atoms with E-state index in [1.165, 1.54) is 24.1 Å². The lowest BCUT2D eigenvalue weighted by atomic mass is 9.98. The summed E-state index contributed by atoms with van der Waals surface area (Å²) >= 11 is 0. The normalized spacial score (nSPS) is 17.2. The Morgan fingerprint density at radius 1 is 1.17 bits per heavy atom. The second-order valence-electron chi connectivity index (χ2n) is 7.74. The van der Waals surface area contributed by atoms with Gasteiger partial charge in [-0.05, 0) is 74.9 Å². The van der Waals surface area contributed by atoms with E-state index in [9.17, 15) is 0 Å². The fourth-order valence-corrected chi connectivity index (χ4v) is 3.38. The van der Waals surface area contributed by atoms with E-state index in [1.54, 1.807) is 19.5 Å². The third-order valence-corrected chi connectivity index (χ3v) is 5.25. The summed E-state index contributed by atoms with van der Waals surface area (Å²) in [4.78, 5) is 3.97. The number of allylic oxidation sites excluding steroid dienone is 3. The Hall–Kier alpha value is -2.63. The van der Waals surface area contributed by atoms with Gasteiger partial charge in [0.1, 0.15) is 0 Å². The van der Waals surface area contributed by atoms with Crippen molar-refractivity contribution in [2.75, 3.05) is 26.8 Å². The van der Waals surface area contributed by atoms with Gasteiger partial charge in [0.05, 0.1) is 0 Å². The highest BCUT2D eigenvalue weighted by Crippen LogP contribution is 2.22. The highest BCUT2D eigenvalue weighted by atomic mass is 16.5. The summed E-state index contributed by atoms with van der Waals surface area (Å²) in [6.07, 6.45) is 8.46. The Morgan fingerprint density at radius 3 is 2.43 bits per heavy atom. The van der Waals surface area contributed by atoms with Gasteiger partial charge in [0, 0.05) is 49.6 Å². The number of hydrogen-bond donors (Lipinski definition) is 3. The summed E-state index contributed by atoms with van der Waals surface area (Å²) in [7, 11) is 1.69. The lowest BCUT2D eigenvalue weighted by Gasteiger charge is -2.07. The van der Waals surface area contributed by atoms with Crippen molar-refractivity contribution >= 4 is 5.70 Å². The van der Waals surface area contributed by atoms with E-state index in [0.717, 1.165) is 48.7 Å². The van der Waals surface area contributed by atoms with Crippen molar-refractivity contribution in [3.8, 4) is 0 Å². The lowest BCUT2D eigenvalue weighted by Crippen LogP contribution is -2.07. The van der Waals surface area contributed by atoms with Crippen LogP contribution in [0, 0.1) is 6.92 Å². The van der Waals surface area contributed by atoms with Crippen molar-refractivity contribution < 1.29 is 4.74 Å². The van der Waals surface area contributed by atoms with E-state index in [2.05, 4.69) is 41.5 Å². The molecule has 1 aliphatic rings. The Balaban J connectivity index is 0.000000230. The molecule has 1 saturated heterocycles. The molecule has 162 valence electrons. The van der Waals surface area contributed by atoms with Gasteiger partial charge in [-0.2, -0.15) is 0 Å². The zero-order valence-electron chi connectivity index (χ0n) is 18.5. The molecular weight excluding hydrogens is 372 g/mol. The molecule has 0 spiro atoms. The average Bonchev–Trinajstić information content (AvgIpc) is 3.29. The third-order valence-electron chi connectivity index (χ3n) is 5.25. The van der Waals surface area contributed by atoms with Crippen molar-refractivity contribution in [1.82, 2.24) is 10.3 Å². The fraction of sp³-hybridized carbons (Fsp3) is 0.400. The fourth-order valence-electron chi connectivity index (χ4n) is 3.38. The predicted octanol–water partition coefficient (Wildman–Crippen LogP) is 4.11. The number of ether oxygens (including phenoxy) is 1. The Morgan fingerprint density at radius 2 is 1.87 bits per heavy atom. The van der Waals surface area contributed by atoms with Gasteiger partial charge < -0.3 is 21.5 Å². The highest BCUT2D eigenvalue weighted by Gasteiger charge is 2.15. The average molecular weight is 409 g/mol. The molecule has 30 heavy (non-hydrogen) atoms. The van der Waals surface area contributed by atoms with Crippen LogP contribution in [0.15, 0.2) is 66.1 Å². The molecule has 3 rings (SSSR count). The number of methoxy groups -OCH3 is 1. The molecule has 5 heteroatoms. The van der Waals surface area contributed by atoms with Crippen LogP contribution in [0.2, 0.25) is 0 Å². The van der Waals surface area contributed by atoms with Crippen molar-refractivity contribution in [3.63, 3.8) is 0 Å². The largest absolute Gasteiger partial charge is 0.402 e. The maximum absolute atomic E-state index is 6.05. The summed E-state index contributed by atoms with van der Waals surface area (Å²) in [5.74, 6) is 0.755. The maximum Gasteiger partial charge on any atom is 0.0465 e. The number of pyridine rings is 1. The first-order valence-corrected chi connectivity index (χ1v) is 10.6. The van der Waals surface area contributed by atoms with E-state index in [-0.39, 0.29) is 0 Å². The smallest absolute Gasteiger partial charge is 0.0465 e. The molecule has 1 unspecified atom stereocenters. The van der Waals surface area contributed by atoms with Crippen LogP contribution < -0.4 is 16.8 Å². The van der Waals surface area contributed by atoms with Crippen LogP contribution in [0.1, 0.15) is 48.8 Å². The molecule has 0 radical (unpaired) electrons. The Kier molecular flexibility index (Phi) is 10.1. The van der Waals surface area contributed by atoms with Crippen LogP contribution in [-0.4, -0.2) is 31.8 Å². The summed E-state index contributed by atoms with van der Waals surface area (Å²) < 4.78 is 5.04. The minimum Gasteiger partial charge on any atom is -0.402 e. The molecule has 5 N–H and O–H groups in total. The number of nitrogens with zero attached hydrogens (tertiary/aromatic N) is 1. The second kappa shape index (κ2) is 12.8. The Labute approximate surface area is 181 Å². The first-order valence-electron chi connectivity index (χ1n) is 10.6. The van der Waals surface area contributed by atoms with Crippen LogP contribution >= 0.6 is 0 Å². The monoisotopic (exact) mass is 408 g/mol. The van der Waals surface area contributed by atoms with Crippen LogP contribution in [0.3, 0.4) is 0 Å². The molecule has 0 aliphatic carbocycles. The molecule has 2 heterocycles. The summed E-state index contributed by atoms with van der Waals surface area (Å²) in [6.45, 7) is 7.08. The predicted molar refractivity (Wildman–Crippen MR) is 126 cm³/mol. The second-order valence-corrected chi connectivity index (χ2v) is 7.74. The summed E-state index contributed by atoms with van der Waals surface area (Å²) in [5, 5.41) is 3.39.